The molecule has 0 fully saturated rings. The first-order valence-corrected chi connectivity index (χ1v) is 4.65. The monoisotopic (exact) mass is 401 g/mol. The van der Waals surface area contributed by atoms with Crippen molar-refractivity contribution in [2.75, 3.05) is 0 Å². The largest absolute Gasteiger partial charge is 0.483 e. The molecule has 1 unspecified atom stereocenters. The zero-order valence-corrected chi connectivity index (χ0v) is 9.99. The van der Waals surface area contributed by atoms with Gasteiger partial charge in [-0.3, -0.25) is 9.47 Å². The summed E-state index contributed by atoms with van der Waals surface area (Å²) in [6.45, 7) is 0. The highest BCUT2D eigenvalue weighted by atomic mass is 19.4. The van der Waals surface area contributed by atoms with Crippen LogP contribution in [0.25, 0.3) is 0 Å². The summed E-state index contributed by atoms with van der Waals surface area (Å²) in [5, 5.41) is 0. The van der Waals surface area contributed by atoms with Gasteiger partial charge in [-0.2, -0.15) is 65.9 Å². The third kappa shape index (κ3) is 4.48. The summed E-state index contributed by atoms with van der Waals surface area (Å²) in [6.07, 6.45) is -40.4. The van der Waals surface area contributed by atoms with Gasteiger partial charge in [0.05, 0.1) is 0 Å². The van der Waals surface area contributed by atoms with Crippen LogP contribution in [0.2, 0.25) is 0 Å². The number of hydrogen-bond acceptors (Lipinski definition) is 2. The molecule has 0 aliphatic carbocycles. The molecule has 17 heteroatoms. The summed E-state index contributed by atoms with van der Waals surface area (Å²) in [7, 11) is 0. The molecule has 0 aromatic rings. The number of hydrogen-bond donors (Lipinski definition) is 0. The van der Waals surface area contributed by atoms with Crippen LogP contribution < -0.4 is 0 Å². The molecule has 0 aromatic carbocycles. The van der Waals surface area contributed by atoms with E-state index >= 15 is 0 Å². The first-order valence-electron chi connectivity index (χ1n) is 4.65. The van der Waals surface area contributed by atoms with Crippen LogP contribution in [0.3, 0.4) is 0 Å². The van der Waals surface area contributed by atoms with E-state index in [2.05, 4.69) is 0 Å². The molecule has 0 N–H and O–H groups in total. The Morgan fingerprint density at radius 2 is 0.917 bits per heavy atom. The highest BCUT2D eigenvalue weighted by Gasteiger charge is 2.81. The molecule has 1 radical (unpaired) electrons. The minimum atomic E-state index is -7.52. The van der Waals surface area contributed by atoms with Gasteiger partial charge >= 0.3 is 43.0 Å². The average Bonchev–Trinajstić information content (AvgIpc) is 2.22. The molecule has 24 heavy (non-hydrogen) atoms. The molecular formula is C7F15O2. The van der Waals surface area contributed by atoms with Gasteiger partial charge in [-0.15, -0.1) is 0 Å². The predicted molar refractivity (Wildman–Crippen MR) is 38.4 cm³/mol. The third-order valence-corrected chi connectivity index (χ3v) is 1.78. The Kier molecular flexibility index (Phi) is 5.71. The lowest BCUT2D eigenvalue weighted by atomic mass is 10.2. The minimum Gasteiger partial charge on any atom is -0.265 e. The second-order valence-electron chi connectivity index (χ2n) is 3.60. The van der Waals surface area contributed by atoms with E-state index in [1.54, 1.807) is 4.74 Å². The standard InChI is InChI=1S/C7F15O2/c8-1(2(9,10)11)23-6(19,20)3(12,4(13,14)15)24-7(21,22)5(16,17)18. The smallest absolute Gasteiger partial charge is 0.265 e. The van der Waals surface area contributed by atoms with Crippen molar-refractivity contribution in [3.63, 3.8) is 0 Å². The van der Waals surface area contributed by atoms with Crippen molar-refractivity contribution in [2.45, 2.75) is 36.6 Å². The number of rotatable bonds is 5. The summed E-state index contributed by atoms with van der Waals surface area (Å²) in [4.78, 5) is 0. The van der Waals surface area contributed by atoms with E-state index in [0.29, 0.717) is 0 Å². The Morgan fingerprint density at radius 3 is 1.17 bits per heavy atom. The van der Waals surface area contributed by atoms with Crippen LogP contribution in [-0.2, 0) is 9.47 Å². The first-order chi connectivity index (χ1) is 10.1. The number of alkyl halides is 14. The lowest BCUT2D eigenvalue weighted by Crippen LogP contribution is -2.63. The fourth-order valence-electron chi connectivity index (χ4n) is 0.753. The highest BCUT2D eigenvalue weighted by Crippen LogP contribution is 2.53. The Hall–Kier alpha value is -1.13. The highest BCUT2D eigenvalue weighted by molar-refractivity contribution is 4.91. The normalized spacial score (nSPS) is 18.0. The van der Waals surface area contributed by atoms with Crippen LogP contribution in [0.1, 0.15) is 0 Å². The van der Waals surface area contributed by atoms with E-state index < -0.39 is 43.0 Å². The van der Waals surface area contributed by atoms with E-state index in [4.69, 9.17) is 0 Å². The maximum absolute atomic E-state index is 13.1. The minimum absolute atomic E-state index is 1.36. The second-order valence-corrected chi connectivity index (χ2v) is 3.60. The average molecular weight is 401 g/mol. The number of ether oxygens (including phenoxy) is 2. The Balaban J connectivity index is 5.94. The molecule has 0 spiro atoms. The van der Waals surface area contributed by atoms with E-state index in [0.717, 1.165) is 0 Å². The van der Waals surface area contributed by atoms with E-state index in [1.807, 2.05) is 0 Å². The Morgan fingerprint density at radius 1 is 0.542 bits per heavy atom. The summed E-state index contributed by atoms with van der Waals surface area (Å²) >= 11 is 0. The fourth-order valence-corrected chi connectivity index (χ4v) is 0.753. The predicted octanol–water partition coefficient (Wildman–Crippen LogP) is 5.02. The quantitative estimate of drug-likeness (QED) is 0.603. The number of halogens is 15. The first kappa shape index (κ1) is 22.9. The topological polar surface area (TPSA) is 18.5 Å². The molecule has 0 aliphatic rings. The van der Waals surface area contributed by atoms with E-state index in [-0.39, 0.29) is 0 Å². The van der Waals surface area contributed by atoms with Crippen LogP contribution >= 0.6 is 0 Å². The van der Waals surface area contributed by atoms with Crippen LogP contribution in [-0.4, -0.2) is 36.6 Å². The van der Waals surface area contributed by atoms with Gasteiger partial charge in [0, 0.05) is 0 Å². The zero-order valence-electron chi connectivity index (χ0n) is 9.99. The van der Waals surface area contributed by atoms with Gasteiger partial charge in [0.15, 0.2) is 0 Å². The Labute approximate surface area is 120 Å². The summed E-state index contributed by atoms with van der Waals surface area (Å²) < 4.78 is 184. The SMILES string of the molecule is F[C](OC(F)(F)C(F)(OC(F)(F)C(F)(F)F)C(F)(F)F)C(F)(F)F. The van der Waals surface area contributed by atoms with Gasteiger partial charge in [-0.25, -0.2) is 0 Å². The molecule has 0 aliphatic heterocycles. The van der Waals surface area contributed by atoms with Crippen LogP contribution in [0.15, 0.2) is 0 Å². The second kappa shape index (κ2) is 5.99. The molecule has 0 amide bonds. The summed E-state index contributed by atoms with van der Waals surface area (Å²) in [5.41, 5.74) is 0. The van der Waals surface area contributed by atoms with E-state index in [9.17, 15) is 65.9 Å². The molecule has 145 valence electrons. The summed E-state index contributed by atoms with van der Waals surface area (Å²) in [5.74, 6) is -7.51. The van der Waals surface area contributed by atoms with Crippen molar-refractivity contribution in [2.24, 2.45) is 0 Å². The van der Waals surface area contributed by atoms with Gasteiger partial charge in [-0.05, 0) is 0 Å². The molecule has 1 atom stereocenters. The van der Waals surface area contributed by atoms with Crippen molar-refractivity contribution in [1.82, 2.24) is 0 Å². The molecular weight excluding hydrogens is 401 g/mol. The third-order valence-electron chi connectivity index (χ3n) is 1.78. The zero-order chi connectivity index (χ0) is 20.0. The molecule has 0 heterocycles. The lowest BCUT2D eigenvalue weighted by molar-refractivity contribution is -0.532. The van der Waals surface area contributed by atoms with Crippen molar-refractivity contribution in [3.8, 4) is 0 Å². The van der Waals surface area contributed by atoms with Crippen LogP contribution in [0.4, 0.5) is 65.9 Å². The van der Waals surface area contributed by atoms with Crippen LogP contribution in [0, 0.1) is 6.36 Å². The lowest BCUT2D eigenvalue weighted by Gasteiger charge is -2.36. The fraction of sp³-hybridized carbons (Fsp3) is 0.857. The Bertz CT molecular complexity index is 433. The van der Waals surface area contributed by atoms with Crippen molar-refractivity contribution >= 4 is 0 Å². The van der Waals surface area contributed by atoms with Crippen molar-refractivity contribution in [3.05, 3.63) is 6.36 Å². The molecule has 0 bridgehead atoms. The maximum atomic E-state index is 13.1. The van der Waals surface area contributed by atoms with Crippen molar-refractivity contribution < 1.29 is 75.3 Å². The maximum Gasteiger partial charge on any atom is 0.483 e. The van der Waals surface area contributed by atoms with Crippen molar-refractivity contribution in [1.29, 1.82) is 0 Å². The van der Waals surface area contributed by atoms with Gasteiger partial charge in [0.1, 0.15) is 0 Å². The molecule has 0 saturated carbocycles. The van der Waals surface area contributed by atoms with Gasteiger partial charge in [0.25, 0.3) is 0 Å². The molecule has 0 rings (SSSR count). The van der Waals surface area contributed by atoms with Gasteiger partial charge < -0.3 is 0 Å². The van der Waals surface area contributed by atoms with Gasteiger partial charge in [0.2, 0.25) is 0 Å². The van der Waals surface area contributed by atoms with Crippen LogP contribution in [0.5, 0.6) is 0 Å². The molecule has 0 saturated heterocycles. The molecule has 2 nitrogen and oxygen atoms in total. The molecule has 0 aromatic heterocycles. The van der Waals surface area contributed by atoms with Gasteiger partial charge in [-0.1, -0.05) is 0 Å². The summed E-state index contributed by atoms with van der Waals surface area (Å²) in [6, 6.07) is 0. The van der Waals surface area contributed by atoms with E-state index in [1.165, 1.54) is 4.74 Å².